The van der Waals surface area contributed by atoms with Gasteiger partial charge in [0.05, 0.1) is 11.7 Å². The largest absolute Gasteiger partial charge is 0.508 e. The van der Waals surface area contributed by atoms with Crippen LogP contribution in [0.25, 0.3) is 21.9 Å². The summed E-state index contributed by atoms with van der Waals surface area (Å²) in [6, 6.07) is 11.7. The smallest absolute Gasteiger partial charge is 0.350 e. The normalized spacial score (nSPS) is 11.7. The second-order valence-electron chi connectivity index (χ2n) is 5.45. The zero-order chi connectivity index (χ0) is 17.6. The molecule has 0 amide bonds. The molecule has 0 aliphatic carbocycles. The van der Waals surface area contributed by atoms with Crippen LogP contribution < -0.4 is 11.2 Å². The average molecular weight is 399 g/mol. The first-order valence-electron chi connectivity index (χ1n) is 7.32. The number of nitrogens with zero attached hydrogens (tertiary/aromatic N) is 2. The van der Waals surface area contributed by atoms with Gasteiger partial charge < -0.3 is 15.1 Å². The third-order valence-corrected chi connectivity index (χ3v) is 4.30. The standard InChI is InChI=1S/C17H11BrN4O3/c18-10-3-6-13-12(7-10)14-15(20-13)16(24)22(17(25)21-14)19-8-9-1-4-11(23)5-2-9/h1-8,20,23H,(H,21,25). The average Bonchev–Trinajstić information content (AvgIpc) is 2.94. The van der Waals surface area contributed by atoms with Gasteiger partial charge in [0, 0.05) is 15.4 Å². The van der Waals surface area contributed by atoms with Crippen LogP contribution in [-0.2, 0) is 0 Å². The molecule has 0 saturated heterocycles. The van der Waals surface area contributed by atoms with Crippen molar-refractivity contribution in [2.45, 2.75) is 0 Å². The van der Waals surface area contributed by atoms with Crippen molar-refractivity contribution in [1.82, 2.24) is 14.6 Å². The lowest BCUT2D eigenvalue weighted by Crippen LogP contribution is -2.32. The molecule has 3 N–H and O–H groups in total. The van der Waals surface area contributed by atoms with Gasteiger partial charge in [-0.2, -0.15) is 5.10 Å². The fourth-order valence-electron chi connectivity index (χ4n) is 2.60. The van der Waals surface area contributed by atoms with Crippen molar-refractivity contribution in [3.63, 3.8) is 0 Å². The second kappa shape index (κ2) is 5.75. The molecule has 0 aliphatic heterocycles. The number of hydrogen-bond donors (Lipinski definition) is 3. The van der Waals surface area contributed by atoms with Gasteiger partial charge in [0.25, 0.3) is 0 Å². The molecule has 0 fully saturated rings. The summed E-state index contributed by atoms with van der Waals surface area (Å²) in [4.78, 5) is 30.6. The lowest BCUT2D eigenvalue weighted by atomic mass is 10.2. The molecule has 25 heavy (non-hydrogen) atoms. The minimum atomic E-state index is -0.631. The molecule has 0 bridgehead atoms. The monoisotopic (exact) mass is 398 g/mol. The number of aromatic hydroxyl groups is 1. The Labute approximate surface area is 148 Å². The fourth-order valence-corrected chi connectivity index (χ4v) is 2.96. The molecular weight excluding hydrogens is 388 g/mol. The first-order chi connectivity index (χ1) is 12.0. The van der Waals surface area contributed by atoms with E-state index in [1.165, 1.54) is 18.3 Å². The van der Waals surface area contributed by atoms with Crippen LogP contribution in [-0.4, -0.2) is 26.0 Å². The first-order valence-corrected chi connectivity index (χ1v) is 8.12. The maximum absolute atomic E-state index is 12.6. The van der Waals surface area contributed by atoms with Gasteiger partial charge in [0.15, 0.2) is 0 Å². The molecule has 0 atom stereocenters. The molecule has 0 aliphatic rings. The summed E-state index contributed by atoms with van der Waals surface area (Å²) in [6.45, 7) is 0. The predicted octanol–water partition coefficient (Wildman–Crippen LogP) is 2.52. The molecule has 4 aromatic rings. The van der Waals surface area contributed by atoms with E-state index in [0.29, 0.717) is 11.1 Å². The van der Waals surface area contributed by atoms with E-state index < -0.39 is 11.2 Å². The van der Waals surface area contributed by atoms with Crippen molar-refractivity contribution < 1.29 is 5.11 Å². The van der Waals surface area contributed by atoms with Crippen molar-refractivity contribution in [3.8, 4) is 5.75 Å². The van der Waals surface area contributed by atoms with E-state index in [4.69, 9.17) is 0 Å². The molecule has 0 radical (unpaired) electrons. The maximum atomic E-state index is 12.6. The molecule has 124 valence electrons. The third-order valence-electron chi connectivity index (χ3n) is 3.81. The van der Waals surface area contributed by atoms with Gasteiger partial charge in [-0.25, -0.2) is 4.79 Å². The summed E-state index contributed by atoms with van der Waals surface area (Å²) in [6.07, 6.45) is 1.38. The van der Waals surface area contributed by atoms with Crippen LogP contribution in [0.4, 0.5) is 0 Å². The number of rotatable bonds is 2. The van der Waals surface area contributed by atoms with E-state index >= 15 is 0 Å². The van der Waals surface area contributed by atoms with Crippen LogP contribution in [0.2, 0.25) is 0 Å². The SMILES string of the molecule is O=c1[nH]c2c([nH]c3ccc(Br)cc32)c(=O)n1N=Cc1ccc(O)cc1. The van der Waals surface area contributed by atoms with Crippen molar-refractivity contribution in [2.75, 3.05) is 0 Å². The highest BCUT2D eigenvalue weighted by molar-refractivity contribution is 9.10. The van der Waals surface area contributed by atoms with Gasteiger partial charge in [-0.05, 0) is 48.0 Å². The van der Waals surface area contributed by atoms with Crippen LogP contribution in [0, 0.1) is 0 Å². The van der Waals surface area contributed by atoms with Gasteiger partial charge in [-0.1, -0.05) is 15.9 Å². The number of fused-ring (bicyclic) bond motifs is 3. The van der Waals surface area contributed by atoms with Crippen molar-refractivity contribution in [2.24, 2.45) is 5.10 Å². The molecule has 2 aromatic heterocycles. The molecule has 0 saturated carbocycles. The fraction of sp³-hybridized carbons (Fsp3) is 0. The highest BCUT2D eigenvalue weighted by atomic mass is 79.9. The minimum Gasteiger partial charge on any atom is -0.508 e. The highest BCUT2D eigenvalue weighted by Gasteiger charge is 2.12. The number of halogens is 1. The topological polar surface area (TPSA) is 103 Å². The van der Waals surface area contributed by atoms with Crippen molar-refractivity contribution >= 4 is 44.1 Å². The molecule has 2 heterocycles. The molecule has 0 unspecified atom stereocenters. The number of aromatic amines is 2. The predicted molar refractivity (Wildman–Crippen MR) is 99.5 cm³/mol. The number of phenolic OH excluding ortho intramolecular Hbond substituents is 1. The van der Waals surface area contributed by atoms with E-state index in [9.17, 15) is 14.7 Å². The Bertz CT molecular complexity index is 1250. The highest BCUT2D eigenvalue weighted by Crippen LogP contribution is 2.24. The molecule has 7 nitrogen and oxygen atoms in total. The summed E-state index contributed by atoms with van der Waals surface area (Å²) < 4.78 is 1.61. The zero-order valence-corrected chi connectivity index (χ0v) is 14.2. The van der Waals surface area contributed by atoms with E-state index in [1.807, 2.05) is 18.2 Å². The molecular formula is C17H11BrN4O3. The number of aromatic nitrogens is 3. The Morgan fingerprint density at radius 1 is 1.04 bits per heavy atom. The summed E-state index contributed by atoms with van der Waals surface area (Å²) in [7, 11) is 0. The van der Waals surface area contributed by atoms with Crippen LogP contribution in [0.3, 0.4) is 0 Å². The third kappa shape index (κ3) is 2.66. The maximum Gasteiger partial charge on any atom is 0.350 e. The Kier molecular flexibility index (Phi) is 3.54. The van der Waals surface area contributed by atoms with Gasteiger partial charge in [-0.3, -0.25) is 4.79 Å². The molecule has 4 rings (SSSR count). The first kappa shape index (κ1) is 15.4. The van der Waals surface area contributed by atoms with E-state index in [1.54, 1.807) is 12.1 Å². The molecule has 0 spiro atoms. The van der Waals surface area contributed by atoms with Gasteiger partial charge in [0.1, 0.15) is 11.3 Å². The Morgan fingerprint density at radius 2 is 1.80 bits per heavy atom. The Morgan fingerprint density at radius 3 is 2.56 bits per heavy atom. The Hall–Kier alpha value is -3.13. The molecule has 8 heteroatoms. The van der Waals surface area contributed by atoms with Gasteiger partial charge in [0.2, 0.25) is 0 Å². The van der Waals surface area contributed by atoms with E-state index in [-0.39, 0.29) is 11.3 Å². The number of nitrogens with one attached hydrogen (secondary N) is 2. The summed E-state index contributed by atoms with van der Waals surface area (Å²) in [5.74, 6) is 0.123. The van der Waals surface area contributed by atoms with Crippen LogP contribution in [0.15, 0.2) is 61.6 Å². The van der Waals surface area contributed by atoms with Crippen LogP contribution in [0.1, 0.15) is 5.56 Å². The molecule has 2 aromatic carbocycles. The Balaban J connectivity index is 1.90. The number of H-pyrrole nitrogens is 2. The van der Waals surface area contributed by atoms with Gasteiger partial charge >= 0.3 is 11.2 Å². The lowest BCUT2D eigenvalue weighted by Gasteiger charge is -1.98. The number of benzene rings is 2. The van der Waals surface area contributed by atoms with Crippen LogP contribution in [0.5, 0.6) is 5.75 Å². The number of phenols is 1. The quantitative estimate of drug-likeness (QED) is 0.452. The lowest BCUT2D eigenvalue weighted by molar-refractivity contribution is 0.475. The summed E-state index contributed by atoms with van der Waals surface area (Å²) >= 11 is 3.38. The van der Waals surface area contributed by atoms with Crippen molar-refractivity contribution in [3.05, 3.63) is 73.3 Å². The van der Waals surface area contributed by atoms with E-state index in [2.05, 4.69) is 31.0 Å². The number of hydrogen-bond acceptors (Lipinski definition) is 4. The summed E-state index contributed by atoms with van der Waals surface area (Å²) in [5.41, 5.74) is 0.934. The minimum absolute atomic E-state index is 0.123. The zero-order valence-electron chi connectivity index (χ0n) is 12.7. The van der Waals surface area contributed by atoms with Crippen molar-refractivity contribution in [1.29, 1.82) is 0 Å². The van der Waals surface area contributed by atoms with Crippen LogP contribution >= 0.6 is 15.9 Å². The van der Waals surface area contributed by atoms with Gasteiger partial charge in [-0.15, -0.1) is 4.68 Å². The summed E-state index contributed by atoms with van der Waals surface area (Å²) in [5, 5.41) is 14.0. The van der Waals surface area contributed by atoms with E-state index in [0.717, 1.165) is 20.1 Å². The second-order valence-corrected chi connectivity index (χ2v) is 6.36.